The van der Waals surface area contributed by atoms with E-state index in [0.717, 1.165) is 15.9 Å². The molecule has 0 spiro atoms. The second kappa shape index (κ2) is 19.8. The molecule has 0 radical (unpaired) electrons. The van der Waals surface area contributed by atoms with E-state index >= 15 is 0 Å². The van der Waals surface area contributed by atoms with E-state index < -0.39 is 65.2 Å². The van der Waals surface area contributed by atoms with E-state index in [0.29, 0.717) is 35.0 Å². The first kappa shape index (κ1) is 48.4. The average Bonchev–Trinajstić information content (AvgIpc) is 3.57. The number of para-hydroxylation sites is 1. The third-order valence-corrected chi connectivity index (χ3v) is 17.8. The molecule has 334 valence electrons. The SMILES string of the molecule is CC[C@@](O)(COS(=O)(=O)c1ccc(C)cc1)C[C@H](CCC(C)(C)[Si](O)(c1ccccc1)c1ccccc1)CC(C(=O)OC)c1c(CCO)c2ccccc2n1C(=O)OC(C)(C)C. The summed E-state index contributed by atoms with van der Waals surface area (Å²) in [4.78, 5) is 41.6. The van der Waals surface area contributed by atoms with Crippen molar-refractivity contribution in [2.24, 2.45) is 5.92 Å². The maximum atomic E-state index is 14.3. The highest BCUT2D eigenvalue weighted by atomic mass is 32.2. The second-order valence-corrected chi connectivity index (χ2v) is 23.6. The number of aliphatic hydroxyl groups is 2. The molecule has 3 atom stereocenters. The molecule has 13 heteroatoms. The maximum Gasteiger partial charge on any atom is 0.419 e. The maximum absolute atomic E-state index is 14.3. The number of esters is 1. The summed E-state index contributed by atoms with van der Waals surface area (Å²) >= 11 is 0. The van der Waals surface area contributed by atoms with Gasteiger partial charge in [-0.15, -0.1) is 0 Å². The van der Waals surface area contributed by atoms with Crippen LogP contribution in [0.25, 0.3) is 10.9 Å². The van der Waals surface area contributed by atoms with Gasteiger partial charge in [-0.25, -0.2) is 9.36 Å². The van der Waals surface area contributed by atoms with Crippen LogP contribution >= 0.6 is 0 Å². The lowest BCUT2D eigenvalue weighted by molar-refractivity contribution is -0.143. The van der Waals surface area contributed by atoms with E-state index in [1.54, 1.807) is 52.0 Å². The highest BCUT2D eigenvalue weighted by Crippen LogP contribution is 2.45. The van der Waals surface area contributed by atoms with Crippen LogP contribution in [0, 0.1) is 12.8 Å². The number of benzene rings is 4. The van der Waals surface area contributed by atoms with Crippen LogP contribution in [0.5, 0.6) is 0 Å². The Labute approximate surface area is 367 Å². The van der Waals surface area contributed by atoms with Crippen LogP contribution in [0.1, 0.15) is 96.4 Å². The van der Waals surface area contributed by atoms with Gasteiger partial charge in [0.15, 0.2) is 0 Å². The molecule has 11 nitrogen and oxygen atoms in total. The predicted molar refractivity (Wildman–Crippen MR) is 245 cm³/mol. The van der Waals surface area contributed by atoms with Gasteiger partial charge < -0.3 is 24.5 Å². The monoisotopic (exact) mass is 885 g/mol. The van der Waals surface area contributed by atoms with Crippen molar-refractivity contribution in [3.05, 3.63) is 126 Å². The van der Waals surface area contributed by atoms with Gasteiger partial charge in [0.25, 0.3) is 18.4 Å². The van der Waals surface area contributed by atoms with E-state index in [1.807, 2.05) is 93.6 Å². The summed E-state index contributed by atoms with van der Waals surface area (Å²) in [5.74, 6) is -2.28. The number of fused-ring (bicyclic) bond motifs is 1. The molecule has 0 fully saturated rings. The molecule has 4 aromatic carbocycles. The Hall–Kier alpha value is -4.63. The Morgan fingerprint density at radius 1 is 0.839 bits per heavy atom. The highest BCUT2D eigenvalue weighted by molar-refractivity contribution is 7.86. The first-order valence-corrected chi connectivity index (χ1v) is 24.6. The number of hydrogen-bond donors (Lipinski definition) is 3. The second-order valence-electron chi connectivity index (χ2n) is 18.0. The van der Waals surface area contributed by atoms with Crippen molar-refractivity contribution >= 4 is 51.8 Å². The number of aryl methyl sites for hydroxylation is 1. The molecule has 0 amide bonds. The number of rotatable bonds is 19. The van der Waals surface area contributed by atoms with Crippen molar-refractivity contribution in [2.75, 3.05) is 20.3 Å². The van der Waals surface area contributed by atoms with Crippen molar-refractivity contribution in [2.45, 2.75) is 114 Å². The van der Waals surface area contributed by atoms with Crippen molar-refractivity contribution < 1.29 is 46.7 Å². The minimum Gasteiger partial charge on any atom is -0.469 e. The highest BCUT2D eigenvalue weighted by Gasteiger charge is 2.50. The smallest absolute Gasteiger partial charge is 0.419 e. The van der Waals surface area contributed by atoms with Gasteiger partial charge in [-0.1, -0.05) is 117 Å². The Morgan fingerprint density at radius 2 is 1.40 bits per heavy atom. The Morgan fingerprint density at radius 3 is 1.94 bits per heavy atom. The lowest BCUT2D eigenvalue weighted by Crippen LogP contribution is -2.65. The van der Waals surface area contributed by atoms with Gasteiger partial charge in [-0.05, 0) is 111 Å². The Balaban J connectivity index is 1.63. The van der Waals surface area contributed by atoms with Crippen molar-refractivity contribution in [3.63, 3.8) is 0 Å². The molecule has 0 aliphatic heterocycles. The number of methoxy groups -OCH3 is 1. The van der Waals surface area contributed by atoms with Gasteiger partial charge in [0.05, 0.1) is 35.6 Å². The van der Waals surface area contributed by atoms with Crippen LogP contribution in [-0.2, 0) is 35.0 Å². The first-order valence-electron chi connectivity index (χ1n) is 21.3. The number of aromatic nitrogens is 1. The molecular weight excluding hydrogens is 823 g/mol. The topological polar surface area (TPSA) is 162 Å². The molecule has 0 aliphatic rings. The van der Waals surface area contributed by atoms with Crippen molar-refractivity contribution in [1.82, 2.24) is 4.57 Å². The quantitative estimate of drug-likeness (QED) is 0.0425. The van der Waals surface area contributed by atoms with Crippen LogP contribution < -0.4 is 10.4 Å². The zero-order chi connectivity index (χ0) is 45.5. The lowest BCUT2D eigenvalue weighted by Gasteiger charge is -2.42. The normalized spacial score (nSPS) is 14.6. The fourth-order valence-electron chi connectivity index (χ4n) is 8.53. The number of aliphatic hydroxyl groups excluding tert-OH is 1. The fraction of sp³-hybridized carbons (Fsp3) is 0.429. The zero-order valence-electron chi connectivity index (χ0n) is 37.3. The van der Waals surface area contributed by atoms with Gasteiger partial charge in [-0.2, -0.15) is 8.42 Å². The van der Waals surface area contributed by atoms with Crippen LogP contribution in [0.15, 0.2) is 114 Å². The zero-order valence-corrected chi connectivity index (χ0v) is 39.1. The predicted octanol–water partition coefficient (Wildman–Crippen LogP) is 7.78. The molecule has 5 aromatic rings. The molecule has 0 saturated carbocycles. The molecule has 3 N–H and O–H groups in total. The molecule has 1 aromatic heterocycles. The average molecular weight is 886 g/mol. The van der Waals surface area contributed by atoms with Crippen LogP contribution in [0.2, 0.25) is 5.04 Å². The first-order chi connectivity index (χ1) is 29.2. The minimum atomic E-state index is -4.25. The largest absolute Gasteiger partial charge is 0.469 e. The van der Waals surface area contributed by atoms with Crippen molar-refractivity contribution in [1.29, 1.82) is 0 Å². The molecule has 1 unspecified atom stereocenters. The van der Waals surface area contributed by atoms with Gasteiger partial charge in [-0.3, -0.25) is 8.98 Å². The van der Waals surface area contributed by atoms with Gasteiger partial charge in [0, 0.05) is 17.7 Å². The summed E-state index contributed by atoms with van der Waals surface area (Å²) in [5.41, 5.74) is -0.317. The molecule has 0 bridgehead atoms. The fourth-order valence-corrected chi connectivity index (χ4v) is 13.3. The standard InChI is InChI=1S/C49H63NO10SSi/c1-9-49(54,34-59-61(55,56)37-26-24-35(2)25-27-37)33-36(28-30-48(6,7)62(57,38-18-12-10-13-19-38)39-20-14-11-15-21-39)32-42(45(52)58-8)44-41(29-31-51)40-22-16-17-23-43(40)50(44)46(53)60-47(3,4)5/h10-27,36,42,51,54,57H,9,28-34H2,1-8H3/t36-,42?,49+/m1/s1. The Bertz CT molecular complexity index is 2350. The third kappa shape index (κ3) is 10.9. The molecule has 0 saturated heterocycles. The van der Waals surface area contributed by atoms with Crippen LogP contribution in [0.4, 0.5) is 4.79 Å². The molecule has 0 aliphatic carbocycles. The number of nitrogens with zero attached hydrogens (tertiary/aromatic N) is 1. The van der Waals surface area contributed by atoms with Crippen LogP contribution in [-0.4, -0.2) is 79.9 Å². The van der Waals surface area contributed by atoms with E-state index in [2.05, 4.69) is 0 Å². The van der Waals surface area contributed by atoms with Gasteiger partial charge in [0.2, 0.25) is 0 Å². The number of hydrogen-bond acceptors (Lipinski definition) is 10. The van der Waals surface area contributed by atoms with E-state index in [1.165, 1.54) is 23.8 Å². The summed E-state index contributed by atoms with van der Waals surface area (Å²) in [6, 6.07) is 32.7. The number of carbonyl (C=O) groups excluding carboxylic acids is 2. The molecule has 1 heterocycles. The Kier molecular flexibility index (Phi) is 15.5. The summed E-state index contributed by atoms with van der Waals surface area (Å²) in [7, 11) is -6.49. The van der Waals surface area contributed by atoms with Gasteiger partial charge in [0.1, 0.15) is 5.60 Å². The molecular formula is C49H63NO10SSi. The summed E-state index contributed by atoms with van der Waals surface area (Å²) in [6.07, 6.45) is 0.358. The number of ether oxygens (including phenoxy) is 2. The van der Waals surface area contributed by atoms with E-state index in [4.69, 9.17) is 13.7 Å². The van der Waals surface area contributed by atoms with E-state index in [-0.39, 0.29) is 37.2 Å². The number of carbonyl (C=O) groups is 2. The molecule has 5 rings (SSSR count). The van der Waals surface area contributed by atoms with E-state index in [9.17, 15) is 33.0 Å². The molecule has 62 heavy (non-hydrogen) atoms. The lowest BCUT2D eigenvalue weighted by atomic mass is 9.78. The third-order valence-electron chi connectivity index (χ3n) is 12.0. The van der Waals surface area contributed by atoms with Gasteiger partial charge >= 0.3 is 12.1 Å². The van der Waals surface area contributed by atoms with Crippen LogP contribution in [0.3, 0.4) is 0 Å². The minimum absolute atomic E-state index is 0.00481. The summed E-state index contributed by atoms with van der Waals surface area (Å²) in [6.45, 7) is 12.1. The summed E-state index contributed by atoms with van der Waals surface area (Å²) < 4.78 is 45.2. The summed E-state index contributed by atoms with van der Waals surface area (Å²) in [5, 5.41) is 24.3. The van der Waals surface area contributed by atoms with Crippen molar-refractivity contribution in [3.8, 4) is 0 Å².